The van der Waals surface area contributed by atoms with E-state index >= 15 is 0 Å². The van der Waals surface area contributed by atoms with Crippen LogP contribution in [-0.2, 0) is 11.8 Å². The molecule has 2 saturated carbocycles. The van der Waals surface area contributed by atoms with Gasteiger partial charge in [0, 0.05) is 32.2 Å². The van der Waals surface area contributed by atoms with E-state index in [4.69, 9.17) is 4.74 Å². The topological polar surface area (TPSA) is 47.4 Å². The highest BCUT2D eigenvalue weighted by Crippen LogP contribution is 2.56. The molecule has 2 atom stereocenters. The van der Waals surface area contributed by atoms with Crippen molar-refractivity contribution in [3.63, 3.8) is 0 Å². The summed E-state index contributed by atoms with van der Waals surface area (Å²) in [6, 6.07) is 0.0507. The van der Waals surface area contributed by atoms with Gasteiger partial charge in [-0.05, 0) is 26.2 Å². The van der Waals surface area contributed by atoms with Gasteiger partial charge in [0.25, 0.3) is 12.3 Å². The Labute approximate surface area is 141 Å². The monoisotopic (exact) mass is 341 g/mol. The molecule has 1 amide bonds. The standard InChI is InChI=1S/C17H25F2N3O2/c1-4-24-13-9-12(17(13)7-5-6-8-17)21(2)16(23)11-10-20-22(3)14(11)15(18)19/h10,12-13,15H,4-9H2,1-3H3/t12-,13-/m1/s1. The SMILES string of the molecule is CCO[C@@H]1C[C@@H](N(C)C(=O)c2cnn(C)c2C(F)F)C12CCCC2. The summed E-state index contributed by atoms with van der Waals surface area (Å²) in [4.78, 5) is 14.5. The number of aryl methyl sites for hydroxylation is 1. The van der Waals surface area contributed by atoms with Crippen LogP contribution in [0.2, 0.25) is 0 Å². The summed E-state index contributed by atoms with van der Waals surface area (Å²) >= 11 is 0. The molecule has 0 aliphatic heterocycles. The molecule has 0 saturated heterocycles. The summed E-state index contributed by atoms with van der Waals surface area (Å²) in [5.41, 5.74) is -0.316. The summed E-state index contributed by atoms with van der Waals surface area (Å²) < 4.78 is 33.5. The maximum absolute atomic E-state index is 13.2. The second-order valence-electron chi connectivity index (χ2n) is 6.92. The van der Waals surface area contributed by atoms with Crippen LogP contribution < -0.4 is 0 Å². The maximum atomic E-state index is 13.2. The average molecular weight is 341 g/mol. The molecule has 0 N–H and O–H groups in total. The molecule has 0 radical (unpaired) electrons. The summed E-state index contributed by atoms with van der Waals surface area (Å²) in [7, 11) is 3.16. The third-order valence-corrected chi connectivity index (χ3v) is 5.85. The number of carbonyl (C=O) groups excluding carboxylic acids is 1. The number of hydrogen-bond donors (Lipinski definition) is 0. The van der Waals surface area contributed by atoms with E-state index in [1.165, 1.54) is 13.2 Å². The lowest BCUT2D eigenvalue weighted by Gasteiger charge is -2.57. The molecule has 24 heavy (non-hydrogen) atoms. The molecule has 3 rings (SSSR count). The first kappa shape index (κ1) is 17.3. The highest BCUT2D eigenvalue weighted by molar-refractivity contribution is 5.95. The third kappa shape index (κ3) is 2.53. The van der Waals surface area contributed by atoms with Gasteiger partial charge in [0.2, 0.25) is 0 Å². The van der Waals surface area contributed by atoms with E-state index in [-0.39, 0.29) is 34.7 Å². The molecule has 134 valence electrons. The van der Waals surface area contributed by atoms with Gasteiger partial charge in [-0.1, -0.05) is 12.8 Å². The predicted molar refractivity (Wildman–Crippen MR) is 85.0 cm³/mol. The Morgan fingerprint density at radius 1 is 1.50 bits per heavy atom. The van der Waals surface area contributed by atoms with Gasteiger partial charge in [0.1, 0.15) is 5.69 Å². The number of halogens is 2. The largest absolute Gasteiger partial charge is 0.378 e. The van der Waals surface area contributed by atoms with Crippen molar-refractivity contribution in [2.45, 2.75) is 57.6 Å². The number of aromatic nitrogens is 2. The molecule has 0 aromatic carbocycles. The van der Waals surface area contributed by atoms with Crippen LogP contribution in [0.25, 0.3) is 0 Å². The number of nitrogens with zero attached hydrogens (tertiary/aromatic N) is 3. The molecule has 1 spiro atoms. The van der Waals surface area contributed by atoms with Gasteiger partial charge in [0.05, 0.1) is 17.9 Å². The Morgan fingerprint density at radius 2 is 2.17 bits per heavy atom. The summed E-state index contributed by atoms with van der Waals surface area (Å²) in [5.74, 6) is -0.371. The molecule has 2 fully saturated rings. The van der Waals surface area contributed by atoms with Crippen molar-refractivity contribution >= 4 is 5.91 Å². The molecule has 1 aromatic rings. The second-order valence-corrected chi connectivity index (χ2v) is 6.92. The van der Waals surface area contributed by atoms with Crippen molar-refractivity contribution in [1.29, 1.82) is 0 Å². The van der Waals surface area contributed by atoms with Gasteiger partial charge in [-0.3, -0.25) is 9.48 Å². The van der Waals surface area contributed by atoms with Gasteiger partial charge >= 0.3 is 0 Å². The molecule has 0 unspecified atom stereocenters. The number of carbonyl (C=O) groups is 1. The first-order valence-corrected chi connectivity index (χ1v) is 8.61. The van der Waals surface area contributed by atoms with Crippen molar-refractivity contribution in [3.05, 3.63) is 17.5 Å². The van der Waals surface area contributed by atoms with Crippen LogP contribution in [-0.4, -0.2) is 46.4 Å². The molecule has 2 aliphatic rings. The number of amides is 1. The summed E-state index contributed by atoms with van der Waals surface area (Å²) in [6.45, 7) is 2.64. The molecule has 0 bridgehead atoms. The molecular formula is C17H25F2N3O2. The van der Waals surface area contributed by atoms with Gasteiger partial charge in [0.15, 0.2) is 0 Å². The zero-order valence-electron chi connectivity index (χ0n) is 14.5. The second kappa shape index (κ2) is 6.43. The van der Waals surface area contributed by atoms with Crippen molar-refractivity contribution in [2.75, 3.05) is 13.7 Å². The molecule has 2 aliphatic carbocycles. The van der Waals surface area contributed by atoms with E-state index in [2.05, 4.69) is 5.10 Å². The fourth-order valence-corrected chi connectivity index (χ4v) is 4.60. The molecule has 7 heteroatoms. The lowest BCUT2D eigenvalue weighted by atomic mass is 9.60. The van der Waals surface area contributed by atoms with E-state index in [1.807, 2.05) is 6.92 Å². The fraction of sp³-hybridized carbons (Fsp3) is 0.765. The number of hydrogen-bond acceptors (Lipinski definition) is 3. The number of ether oxygens (including phenoxy) is 1. The van der Waals surface area contributed by atoms with Crippen LogP contribution >= 0.6 is 0 Å². The van der Waals surface area contributed by atoms with Crippen molar-refractivity contribution in [3.8, 4) is 0 Å². The van der Waals surface area contributed by atoms with Crippen molar-refractivity contribution in [1.82, 2.24) is 14.7 Å². The number of alkyl halides is 2. The normalized spacial score (nSPS) is 25.2. The van der Waals surface area contributed by atoms with E-state index < -0.39 is 6.43 Å². The van der Waals surface area contributed by atoms with E-state index in [9.17, 15) is 13.6 Å². The van der Waals surface area contributed by atoms with Crippen molar-refractivity contribution < 1.29 is 18.3 Å². The Hall–Kier alpha value is -1.50. The fourth-order valence-electron chi connectivity index (χ4n) is 4.60. The minimum Gasteiger partial charge on any atom is -0.378 e. The summed E-state index contributed by atoms with van der Waals surface area (Å²) in [6.07, 6.45) is 3.83. The molecular weight excluding hydrogens is 316 g/mol. The van der Waals surface area contributed by atoms with Crippen LogP contribution in [0, 0.1) is 5.41 Å². The van der Waals surface area contributed by atoms with Crippen LogP contribution in [0.15, 0.2) is 6.20 Å². The predicted octanol–water partition coefficient (Wildman–Crippen LogP) is 3.17. The molecule has 5 nitrogen and oxygen atoms in total. The van der Waals surface area contributed by atoms with Crippen LogP contribution in [0.5, 0.6) is 0 Å². The highest BCUT2D eigenvalue weighted by Gasteiger charge is 2.59. The third-order valence-electron chi connectivity index (χ3n) is 5.85. The maximum Gasteiger partial charge on any atom is 0.280 e. The van der Waals surface area contributed by atoms with Crippen molar-refractivity contribution in [2.24, 2.45) is 12.5 Å². The van der Waals surface area contributed by atoms with Crippen LogP contribution in [0.3, 0.4) is 0 Å². The minimum atomic E-state index is -2.72. The smallest absolute Gasteiger partial charge is 0.280 e. The van der Waals surface area contributed by atoms with Crippen LogP contribution in [0.4, 0.5) is 8.78 Å². The zero-order valence-corrected chi connectivity index (χ0v) is 14.5. The van der Waals surface area contributed by atoms with Gasteiger partial charge < -0.3 is 9.64 Å². The van der Waals surface area contributed by atoms with E-state index in [0.717, 1.165) is 36.8 Å². The Bertz CT molecular complexity index is 611. The lowest BCUT2D eigenvalue weighted by Crippen LogP contribution is -2.64. The zero-order chi connectivity index (χ0) is 17.5. The van der Waals surface area contributed by atoms with E-state index in [0.29, 0.717) is 6.61 Å². The molecule has 1 heterocycles. The summed E-state index contributed by atoms with van der Waals surface area (Å²) in [5, 5.41) is 3.84. The molecule has 1 aromatic heterocycles. The average Bonchev–Trinajstić information content (AvgIpc) is 3.18. The van der Waals surface area contributed by atoms with Crippen LogP contribution in [0.1, 0.15) is 61.5 Å². The Balaban J connectivity index is 1.82. The van der Waals surface area contributed by atoms with Gasteiger partial charge in [-0.15, -0.1) is 0 Å². The first-order valence-electron chi connectivity index (χ1n) is 8.61. The number of rotatable bonds is 5. The highest BCUT2D eigenvalue weighted by atomic mass is 19.3. The lowest BCUT2D eigenvalue weighted by molar-refractivity contribution is -0.152. The minimum absolute atomic E-state index is 0.00278. The Morgan fingerprint density at radius 3 is 2.75 bits per heavy atom. The Kier molecular flexibility index (Phi) is 4.64. The van der Waals surface area contributed by atoms with Gasteiger partial charge in [-0.25, -0.2) is 8.78 Å². The van der Waals surface area contributed by atoms with E-state index in [1.54, 1.807) is 11.9 Å². The quantitative estimate of drug-likeness (QED) is 0.826. The van der Waals surface area contributed by atoms with Gasteiger partial charge in [-0.2, -0.15) is 5.10 Å². The first-order chi connectivity index (χ1) is 11.4.